The molecule has 0 unspecified atom stereocenters. The molecule has 5 nitrogen and oxygen atoms in total. The number of aromatic hydroxyl groups is 1. The third-order valence-electron chi connectivity index (χ3n) is 4.92. The van der Waals surface area contributed by atoms with Crippen molar-refractivity contribution < 1.29 is 10.2 Å². The van der Waals surface area contributed by atoms with Crippen LogP contribution in [0.5, 0.6) is 5.75 Å². The molecule has 1 aromatic carbocycles. The fourth-order valence-electron chi connectivity index (χ4n) is 3.45. The van der Waals surface area contributed by atoms with E-state index in [4.69, 9.17) is 0 Å². The third-order valence-corrected chi connectivity index (χ3v) is 5.80. The summed E-state index contributed by atoms with van der Waals surface area (Å²) in [5.74, 6) is 0.946. The van der Waals surface area contributed by atoms with E-state index in [0.717, 1.165) is 41.3 Å². The molecule has 0 aliphatic heterocycles. The summed E-state index contributed by atoms with van der Waals surface area (Å²) in [6, 6.07) is 7.76. The van der Waals surface area contributed by atoms with E-state index in [1.807, 2.05) is 36.6 Å². The topological polar surface area (TPSA) is 78.3 Å². The number of aryl methyl sites for hydroxylation is 1. The predicted octanol–water partition coefficient (Wildman–Crippen LogP) is 4.09. The minimum atomic E-state index is -0.334. The van der Waals surface area contributed by atoms with Gasteiger partial charge in [0, 0.05) is 15.6 Å². The van der Waals surface area contributed by atoms with Gasteiger partial charge in [0.15, 0.2) is 5.82 Å². The Morgan fingerprint density at radius 3 is 2.80 bits per heavy atom. The highest BCUT2D eigenvalue weighted by atomic mass is 32.1. The lowest BCUT2D eigenvalue weighted by Gasteiger charge is -2.29. The molecule has 2 heterocycles. The van der Waals surface area contributed by atoms with Crippen LogP contribution in [-0.4, -0.2) is 32.6 Å². The molecule has 3 aromatic rings. The van der Waals surface area contributed by atoms with Gasteiger partial charge in [-0.2, -0.15) is 0 Å². The minimum absolute atomic E-state index is 0.0307. The van der Waals surface area contributed by atoms with Crippen molar-refractivity contribution in [1.82, 2.24) is 10.2 Å². The van der Waals surface area contributed by atoms with E-state index < -0.39 is 0 Å². The number of hydrogen-bond donors (Lipinski definition) is 3. The molecule has 25 heavy (non-hydrogen) atoms. The molecule has 0 spiro atoms. The molecule has 3 N–H and O–H groups in total. The van der Waals surface area contributed by atoms with Gasteiger partial charge in [0.05, 0.1) is 17.8 Å². The normalized spacial score (nSPS) is 20.7. The number of nitrogens with zero attached hydrogens (tertiary/aromatic N) is 2. The lowest BCUT2D eigenvalue weighted by molar-refractivity contribution is 0.116. The van der Waals surface area contributed by atoms with Crippen LogP contribution in [0.25, 0.3) is 21.3 Å². The number of hydrogen-bond acceptors (Lipinski definition) is 6. The molecule has 2 aromatic heterocycles. The van der Waals surface area contributed by atoms with Gasteiger partial charge < -0.3 is 15.5 Å². The Morgan fingerprint density at radius 2 is 2.00 bits per heavy atom. The molecule has 6 heteroatoms. The van der Waals surface area contributed by atoms with Crippen LogP contribution in [0.3, 0.4) is 0 Å². The number of aliphatic hydroxyl groups is 1. The average molecular weight is 355 g/mol. The molecule has 1 aliphatic rings. The van der Waals surface area contributed by atoms with Crippen molar-refractivity contribution in [3.05, 3.63) is 35.2 Å². The van der Waals surface area contributed by atoms with E-state index in [0.29, 0.717) is 17.1 Å². The molecule has 1 fully saturated rings. The Kier molecular flexibility index (Phi) is 4.31. The quantitative estimate of drug-likeness (QED) is 0.659. The summed E-state index contributed by atoms with van der Waals surface area (Å²) in [6.07, 6.45) is 3.64. The number of aliphatic hydroxyl groups excluding tert-OH is 1. The van der Waals surface area contributed by atoms with Crippen LogP contribution in [0.1, 0.15) is 31.2 Å². The second-order valence-corrected chi connectivity index (χ2v) is 7.61. The molecule has 0 bridgehead atoms. The first-order valence-corrected chi connectivity index (χ1v) is 9.50. The highest BCUT2D eigenvalue weighted by Crippen LogP contribution is 2.37. The summed E-state index contributed by atoms with van der Waals surface area (Å²) in [6.45, 7) is 1.97. The monoisotopic (exact) mass is 355 g/mol. The summed E-state index contributed by atoms with van der Waals surface area (Å²) in [5.41, 5.74) is 2.29. The van der Waals surface area contributed by atoms with E-state index in [1.165, 1.54) is 0 Å². The molecular formula is C19H21N3O2S. The van der Waals surface area contributed by atoms with E-state index in [2.05, 4.69) is 15.5 Å². The van der Waals surface area contributed by atoms with E-state index >= 15 is 0 Å². The number of nitrogens with one attached hydrogen (secondary N) is 1. The van der Waals surface area contributed by atoms with Gasteiger partial charge in [-0.15, -0.1) is 21.5 Å². The number of phenols is 1. The van der Waals surface area contributed by atoms with Crippen LogP contribution in [-0.2, 0) is 0 Å². The number of rotatable bonds is 3. The number of aromatic nitrogens is 2. The van der Waals surface area contributed by atoms with Crippen LogP contribution in [0.2, 0.25) is 0 Å². The summed E-state index contributed by atoms with van der Waals surface area (Å²) in [5, 5.41) is 35.4. The summed E-state index contributed by atoms with van der Waals surface area (Å²) < 4.78 is 1.05. The van der Waals surface area contributed by atoms with Gasteiger partial charge in [-0.25, -0.2) is 0 Å². The number of thiophene rings is 1. The van der Waals surface area contributed by atoms with Crippen molar-refractivity contribution in [2.45, 2.75) is 44.8 Å². The van der Waals surface area contributed by atoms with Crippen LogP contribution in [0, 0.1) is 6.92 Å². The number of fused-ring (bicyclic) bond motifs is 1. The first-order valence-electron chi connectivity index (χ1n) is 8.62. The maximum Gasteiger partial charge on any atom is 0.151 e. The van der Waals surface area contributed by atoms with Crippen LogP contribution < -0.4 is 5.32 Å². The van der Waals surface area contributed by atoms with Gasteiger partial charge in [-0.05, 0) is 55.0 Å². The Labute approximate surface area is 150 Å². The smallest absolute Gasteiger partial charge is 0.151 e. The first kappa shape index (κ1) is 16.3. The first-order chi connectivity index (χ1) is 12.1. The van der Waals surface area contributed by atoms with Crippen molar-refractivity contribution in [2.75, 3.05) is 5.32 Å². The zero-order valence-corrected chi connectivity index (χ0v) is 14.9. The van der Waals surface area contributed by atoms with E-state index in [-0.39, 0.29) is 17.9 Å². The highest BCUT2D eigenvalue weighted by Gasteiger charge is 2.24. The Bertz CT molecular complexity index is 909. The van der Waals surface area contributed by atoms with Crippen LogP contribution >= 0.6 is 11.3 Å². The molecule has 0 radical (unpaired) electrons. The summed E-state index contributed by atoms with van der Waals surface area (Å²) in [7, 11) is 0. The Morgan fingerprint density at radius 1 is 1.16 bits per heavy atom. The molecule has 130 valence electrons. The zero-order chi connectivity index (χ0) is 17.4. The molecule has 0 saturated heterocycles. The molecular weight excluding hydrogens is 334 g/mol. The Balaban J connectivity index is 1.63. The molecule has 1 aliphatic carbocycles. The lowest BCUT2D eigenvalue weighted by atomic mass is 9.92. The maximum atomic E-state index is 10.5. The number of benzene rings is 1. The van der Waals surface area contributed by atoms with Crippen molar-refractivity contribution in [2.24, 2.45) is 0 Å². The van der Waals surface area contributed by atoms with Gasteiger partial charge in [0.2, 0.25) is 0 Å². The van der Waals surface area contributed by atoms with Gasteiger partial charge in [-0.3, -0.25) is 0 Å². The van der Waals surface area contributed by atoms with Crippen molar-refractivity contribution >= 4 is 27.2 Å². The van der Waals surface area contributed by atoms with Crippen LogP contribution in [0.4, 0.5) is 5.82 Å². The summed E-state index contributed by atoms with van der Waals surface area (Å²) >= 11 is 1.60. The second kappa shape index (κ2) is 6.61. The van der Waals surface area contributed by atoms with Gasteiger partial charge in [-0.1, -0.05) is 12.8 Å². The van der Waals surface area contributed by atoms with E-state index in [1.54, 1.807) is 11.3 Å². The number of phenolic OH excluding ortho intramolecular Hbond substituents is 1. The predicted molar refractivity (Wildman–Crippen MR) is 101 cm³/mol. The van der Waals surface area contributed by atoms with Crippen molar-refractivity contribution in [3.8, 4) is 17.0 Å². The average Bonchev–Trinajstić information content (AvgIpc) is 3.09. The largest absolute Gasteiger partial charge is 0.507 e. The van der Waals surface area contributed by atoms with Crippen molar-refractivity contribution in [3.63, 3.8) is 0 Å². The molecule has 4 rings (SSSR count). The van der Waals surface area contributed by atoms with E-state index in [9.17, 15) is 10.2 Å². The second-order valence-electron chi connectivity index (χ2n) is 6.66. The third kappa shape index (κ3) is 3.07. The lowest BCUT2D eigenvalue weighted by Crippen LogP contribution is -2.36. The molecule has 0 amide bonds. The molecule has 2 atom stereocenters. The minimum Gasteiger partial charge on any atom is -0.507 e. The van der Waals surface area contributed by atoms with Gasteiger partial charge in [0.25, 0.3) is 0 Å². The van der Waals surface area contributed by atoms with Gasteiger partial charge >= 0.3 is 0 Å². The number of anilines is 1. The van der Waals surface area contributed by atoms with Crippen molar-refractivity contribution in [1.29, 1.82) is 0 Å². The Hall–Kier alpha value is -2.18. The fraction of sp³-hybridized carbons (Fsp3) is 0.368. The standard InChI is InChI=1S/C19H21N3O2S/c1-11-10-15(12-6-7-17-13(18(12)24)8-9-25-17)21-22-19(11)20-14-4-2-3-5-16(14)23/h6-10,14,16,23-24H,2-5H2,1H3,(H,20,22)/t14-,16+/m1/s1. The fourth-order valence-corrected chi connectivity index (χ4v) is 4.24. The SMILES string of the molecule is Cc1cc(-c2ccc3sccc3c2O)nnc1N[C@@H]1CCCC[C@@H]1O. The zero-order valence-electron chi connectivity index (χ0n) is 14.1. The summed E-state index contributed by atoms with van der Waals surface area (Å²) in [4.78, 5) is 0. The molecule has 1 saturated carbocycles. The highest BCUT2D eigenvalue weighted by molar-refractivity contribution is 7.17. The maximum absolute atomic E-state index is 10.5. The van der Waals surface area contributed by atoms with Crippen LogP contribution in [0.15, 0.2) is 29.6 Å². The van der Waals surface area contributed by atoms with Gasteiger partial charge in [0.1, 0.15) is 5.75 Å².